The van der Waals surface area contributed by atoms with Crippen molar-refractivity contribution in [1.82, 2.24) is 19.9 Å². The Labute approximate surface area is 251 Å². The van der Waals surface area contributed by atoms with Gasteiger partial charge in [-0.1, -0.05) is 84.9 Å². The molecular weight excluding hydrogens is 528 g/mol. The molecular formula is C38H32N4O. The van der Waals surface area contributed by atoms with Crippen LogP contribution in [0.1, 0.15) is 44.3 Å². The van der Waals surface area contributed by atoms with Crippen LogP contribution in [0.2, 0.25) is 0 Å². The molecule has 4 aliphatic carbocycles. The Morgan fingerprint density at radius 2 is 1.12 bits per heavy atom. The minimum atomic E-state index is 0.0940. The van der Waals surface area contributed by atoms with Crippen molar-refractivity contribution in [2.75, 3.05) is 0 Å². The Kier molecular flexibility index (Phi) is 5.62. The molecule has 2 aromatic heterocycles. The van der Waals surface area contributed by atoms with Crippen LogP contribution in [-0.2, 0) is 5.41 Å². The van der Waals surface area contributed by atoms with E-state index in [1.54, 1.807) is 0 Å². The van der Waals surface area contributed by atoms with Crippen molar-refractivity contribution in [1.29, 1.82) is 0 Å². The fourth-order valence-electron chi connectivity index (χ4n) is 8.62. The number of hydrogen-bond acceptors (Lipinski definition) is 5. The minimum Gasteiger partial charge on any atom is -0.443 e. The third-order valence-corrected chi connectivity index (χ3v) is 10.2. The second kappa shape index (κ2) is 9.70. The van der Waals surface area contributed by atoms with Gasteiger partial charge >= 0.3 is 0 Å². The van der Waals surface area contributed by atoms with Crippen molar-refractivity contribution in [3.05, 3.63) is 109 Å². The molecule has 0 aliphatic heterocycles. The summed E-state index contributed by atoms with van der Waals surface area (Å²) >= 11 is 0. The average Bonchev–Trinajstić information content (AvgIpc) is 3.53. The van der Waals surface area contributed by atoms with Crippen LogP contribution in [-0.4, -0.2) is 19.9 Å². The van der Waals surface area contributed by atoms with Gasteiger partial charge in [0.2, 0.25) is 0 Å². The normalized spacial score (nSPS) is 24.0. The van der Waals surface area contributed by atoms with Gasteiger partial charge < -0.3 is 4.42 Å². The van der Waals surface area contributed by atoms with Gasteiger partial charge in [-0.25, -0.2) is 19.9 Å². The van der Waals surface area contributed by atoms with Crippen molar-refractivity contribution >= 4 is 11.1 Å². The molecule has 0 saturated heterocycles. The highest BCUT2D eigenvalue weighted by atomic mass is 16.3. The quantitative estimate of drug-likeness (QED) is 0.210. The zero-order valence-electron chi connectivity index (χ0n) is 24.0. The largest absolute Gasteiger partial charge is 0.443 e. The van der Waals surface area contributed by atoms with Crippen molar-refractivity contribution in [2.24, 2.45) is 17.8 Å². The van der Waals surface area contributed by atoms with E-state index >= 15 is 0 Å². The van der Waals surface area contributed by atoms with Gasteiger partial charge in [-0.2, -0.15) is 0 Å². The van der Waals surface area contributed by atoms with Gasteiger partial charge in [0.15, 0.2) is 23.6 Å². The van der Waals surface area contributed by atoms with Gasteiger partial charge in [-0.05, 0) is 85.1 Å². The van der Waals surface area contributed by atoms with Crippen LogP contribution in [0.15, 0.2) is 108 Å². The zero-order valence-corrected chi connectivity index (χ0v) is 24.0. The smallest absolute Gasteiger partial charge is 0.182 e. The Bertz CT molecular complexity index is 1910. The van der Waals surface area contributed by atoms with Crippen molar-refractivity contribution < 1.29 is 4.42 Å². The SMILES string of the molecule is c1ccc(-c2nc(-c3ccc(-c4cc(-c5ccccc5)c5ocnc5c4)cc3)nc(C34CC5CC(CC(C5)C3)C4)n2)cc1. The number of rotatable bonds is 5. The lowest BCUT2D eigenvalue weighted by atomic mass is 9.49. The molecule has 0 amide bonds. The Morgan fingerprint density at radius 3 is 1.74 bits per heavy atom. The van der Waals surface area contributed by atoms with Crippen LogP contribution < -0.4 is 0 Å². The molecule has 0 spiro atoms. The molecule has 0 atom stereocenters. The van der Waals surface area contributed by atoms with Gasteiger partial charge in [-0.3, -0.25) is 0 Å². The number of oxazole rings is 1. The van der Waals surface area contributed by atoms with E-state index in [0.717, 1.165) is 79.7 Å². The predicted molar refractivity (Wildman–Crippen MR) is 169 cm³/mol. The van der Waals surface area contributed by atoms with Crippen LogP contribution in [0.5, 0.6) is 0 Å². The number of benzene rings is 4. The summed E-state index contributed by atoms with van der Waals surface area (Å²) in [4.78, 5) is 20.0. The summed E-state index contributed by atoms with van der Waals surface area (Å²) in [7, 11) is 0. The molecule has 4 fully saturated rings. The summed E-state index contributed by atoms with van der Waals surface area (Å²) in [5.74, 6) is 5.05. The maximum absolute atomic E-state index is 5.78. The molecule has 2 heterocycles. The third kappa shape index (κ3) is 4.29. The summed E-state index contributed by atoms with van der Waals surface area (Å²) in [5.41, 5.74) is 8.18. The first-order chi connectivity index (χ1) is 21.2. The third-order valence-electron chi connectivity index (χ3n) is 10.2. The highest BCUT2D eigenvalue weighted by molar-refractivity contribution is 5.94. The van der Waals surface area contributed by atoms with E-state index in [0.29, 0.717) is 0 Å². The van der Waals surface area contributed by atoms with Crippen LogP contribution in [0.25, 0.3) is 56.1 Å². The van der Waals surface area contributed by atoms with E-state index in [2.05, 4.69) is 89.9 Å². The second-order valence-corrected chi connectivity index (χ2v) is 13.0. The maximum atomic E-state index is 5.78. The lowest BCUT2D eigenvalue weighted by molar-refractivity contribution is -0.00938. The molecule has 210 valence electrons. The highest BCUT2D eigenvalue weighted by Gasteiger charge is 2.53. The number of fused-ring (bicyclic) bond motifs is 1. The van der Waals surface area contributed by atoms with E-state index in [1.165, 1.54) is 44.9 Å². The maximum Gasteiger partial charge on any atom is 0.182 e. The Morgan fingerprint density at radius 1 is 0.558 bits per heavy atom. The van der Waals surface area contributed by atoms with E-state index in [4.69, 9.17) is 19.4 Å². The van der Waals surface area contributed by atoms with Crippen molar-refractivity contribution in [3.63, 3.8) is 0 Å². The number of aromatic nitrogens is 4. The molecule has 5 heteroatoms. The molecule has 4 aromatic carbocycles. The van der Waals surface area contributed by atoms with E-state index < -0.39 is 0 Å². The van der Waals surface area contributed by atoms with Gasteiger partial charge in [0, 0.05) is 22.1 Å². The molecule has 0 radical (unpaired) electrons. The standard InChI is InChI=1S/C38H32N4O/c1-3-7-28(8-4-1)32-18-31(19-33-34(32)43-23-39-33)27-11-13-30(14-12-27)36-40-35(29-9-5-2-6-10-29)41-37(42-36)38-20-24-15-25(21-38)17-26(16-24)22-38/h1-14,18-19,23-26H,15-17,20-22H2. The first-order valence-electron chi connectivity index (χ1n) is 15.5. The molecule has 6 aromatic rings. The number of nitrogens with zero attached hydrogens (tertiary/aromatic N) is 4. The fraction of sp³-hybridized carbons (Fsp3) is 0.263. The first-order valence-corrected chi connectivity index (χ1v) is 15.5. The van der Waals surface area contributed by atoms with Gasteiger partial charge in [-0.15, -0.1) is 0 Å². The Balaban J connectivity index is 1.13. The molecule has 4 saturated carbocycles. The molecule has 5 nitrogen and oxygen atoms in total. The topological polar surface area (TPSA) is 64.7 Å². The molecule has 0 N–H and O–H groups in total. The summed E-state index contributed by atoms with van der Waals surface area (Å²) in [6, 6.07) is 33.7. The Hall–Kier alpha value is -4.64. The molecule has 10 rings (SSSR count). The molecule has 0 unspecified atom stereocenters. The highest BCUT2D eigenvalue weighted by Crippen LogP contribution is 2.60. The summed E-state index contributed by atoms with van der Waals surface area (Å²) in [6.45, 7) is 0. The summed E-state index contributed by atoms with van der Waals surface area (Å²) in [6.07, 6.45) is 9.40. The average molecular weight is 561 g/mol. The van der Waals surface area contributed by atoms with E-state index in [-0.39, 0.29) is 5.41 Å². The van der Waals surface area contributed by atoms with Gasteiger partial charge in [0.25, 0.3) is 0 Å². The van der Waals surface area contributed by atoms with Gasteiger partial charge in [0.05, 0.1) is 0 Å². The van der Waals surface area contributed by atoms with Crippen LogP contribution in [0, 0.1) is 17.8 Å². The lowest BCUT2D eigenvalue weighted by Gasteiger charge is -2.56. The zero-order chi connectivity index (χ0) is 28.4. The van der Waals surface area contributed by atoms with Crippen LogP contribution in [0.4, 0.5) is 0 Å². The molecule has 4 aliphatic rings. The van der Waals surface area contributed by atoms with Crippen molar-refractivity contribution in [3.8, 4) is 45.0 Å². The predicted octanol–water partition coefficient (Wildman–Crippen LogP) is 9.15. The summed E-state index contributed by atoms with van der Waals surface area (Å²) < 4.78 is 5.78. The molecule has 43 heavy (non-hydrogen) atoms. The van der Waals surface area contributed by atoms with Crippen molar-refractivity contribution in [2.45, 2.75) is 43.9 Å². The first kappa shape index (κ1) is 24.9. The second-order valence-electron chi connectivity index (χ2n) is 13.0. The number of hydrogen-bond donors (Lipinski definition) is 0. The van der Waals surface area contributed by atoms with E-state index in [1.807, 2.05) is 12.1 Å². The van der Waals surface area contributed by atoms with Crippen LogP contribution in [0.3, 0.4) is 0 Å². The molecule has 4 bridgehead atoms. The summed E-state index contributed by atoms with van der Waals surface area (Å²) in [5, 5.41) is 0. The van der Waals surface area contributed by atoms with E-state index in [9.17, 15) is 0 Å². The lowest BCUT2D eigenvalue weighted by Crippen LogP contribution is -2.49. The fourth-order valence-corrected chi connectivity index (χ4v) is 8.62. The monoisotopic (exact) mass is 560 g/mol. The van der Waals surface area contributed by atoms with Gasteiger partial charge in [0.1, 0.15) is 11.3 Å². The van der Waals surface area contributed by atoms with Crippen LogP contribution >= 0.6 is 0 Å². The minimum absolute atomic E-state index is 0.0940.